The second-order valence-corrected chi connectivity index (χ2v) is 7.01. The zero-order chi connectivity index (χ0) is 15.8. The third-order valence-electron chi connectivity index (χ3n) is 2.52. The summed E-state index contributed by atoms with van der Waals surface area (Å²) < 4.78 is 53.7. The number of sulfonamides is 1. The summed E-state index contributed by atoms with van der Waals surface area (Å²) >= 11 is 8.75. The minimum Gasteiger partial charge on any atom is -0.396 e. The average Bonchev–Trinajstić information content (AvgIpc) is 2.37. The fourth-order valence-electron chi connectivity index (χ4n) is 1.52. The molecule has 0 bridgehead atoms. The molecule has 0 aliphatic carbocycles. The highest BCUT2D eigenvalue weighted by molar-refractivity contribution is 9.10. The summed E-state index contributed by atoms with van der Waals surface area (Å²) in [4.78, 5) is -0.439. The number of halogens is 4. The summed E-state index contributed by atoms with van der Waals surface area (Å²) in [6.45, 7) is 0. The van der Waals surface area contributed by atoms with Crippen molar-refractivity contribution in [3.63, 3.8) is 0 Å². The van der Waals surface area contributed by atoms with Gasteiger partial charge in [-0.2, -0.15) is 0 Å². The molecule has 0 saturated carbocycles. The average molecular weight is 398 g/mol. The van der Waals surface area contributed by atoms with Gasteiger partial charge < -0.3 is 5.73 Å². The monoisotopic (exact) mass is 396 g/mol. The predicted molar refractivity (Wildman–Crippen MR) is 80.7 cm³/mol. The van der Waals surface area contributed by atoms with E-state index in [0.29, 0.717) is 4.47 Å². The van der Waals surface area contributed by atoms with Crippen LogP contribution in [0.4, 0.5) is 20.2 Å². The van der Waals surface area contributed by atoms with Gasteiger partial charge in [0.25, 0.3) is 10.0 Å². The van der Waals surface area contributed by atoms with Crippen LogP contribution in [0, 0.1) is 11.6 Å². The zero-order valence-corrected chi connectivity index (χ0v) is 13.4. The van der Waals surface area contributed by atoms with Gasteiger partial charge in [0.2, 0.25) is 0 Å². The molecular weight excluding hydrogens is 390 g/mol. The van der Waals surface area contributed by atoms with E-state index >= 15 is 0 Å². The van der Waals surface area contributed by atoms with E-state index in [0.717, 1.165) is 18.2 Å². The fourth-order valence-corrected chi connectivity index (χ4v) is 3.47. The van der Waals surface area contributed by atoms with Crippen molar-refractivity contribution in [1.29, 1.82) is 0 Å². The molecule has 0 heterocycles. The van der Waals surface area contributed by atoms with Crippen molar-refractivity contribution >= 4 is 48.9 Å². The van der Waals surface area contributed by atoms with E-state index < -0.39 is 26.6 Å². The molecule has 2 aromatic rings. The SMILES string of the molecule is Nc1cc(S(=O)(=O)Nc2ccc(Br)cc2F)c(Cl)cc1F. The Labute approximate surface area is 133 Å². The second-order valence-electron chi connectivity index (χ2n) is 4.03. The molecule has 0 spiro atoms. The first kappa shape index (κ1) is 16.0. The normalized spacial score (nSPS) is 11.4. The third kappa shape index (κ3) is 3.45. The molecule has 0 radical (unpaired) electrons. The molecule has 21 heavy (non-hydrogen) atoms. The molecule has 2 rings (SSSR count). The number of hydrogen-bond donors (Lipinski definition) is 2. The van der Waals surface area contributed by atoms with Crippen molar-refractivity contribution in [2.75, 3.05) is 10.5 Å². The predicted octanol–water partition coefficient (Wildman–Crippen LogP) is 3.76. The largest absolute Gasteiger partial charge is 0.396 e. The van der Waals surface area contributed by atoms with E-state index in [1.54, 1.807) is 0 Å². The number of anilines is 2. The fraction of sp³-hybridized carbons (Fsp3) is 0. The van der Waals surface area contributed by atoms with Crippen molar-refractivity contribution < 1.29 is 17.2 Å². The summed E-state index contributed by atoms with van der Waals surface area (Å²) in [5.41, 5.74) is 4.68. The molecule has 0 aliphatic rings. The van der Waals surface area contributed by atoms with Crippen LogP contribution in [0.25, 0.3) is 0 Å². The first-order valence-electron chi connectivity index (χ1n) is 5.43. The third-order valence-corrected chi connectivity index (χ3v) is 4.84. The van der Waals surface area contributed by atoms with Gasteiger partial charge in [0, 0.05) is 4.47 Å². The van der Waals surface area contributed by atoms with Gasteiger partial charge in [0.05, 0.1) is 16.4 Å². The van der Waals surface area contributed by atoms with Crippen LogP contribution in [0.2, 0.25) is 5.02 Å². The summed E-state index contributed by atoms with van der Waals surface area (Å²) in [5, 5.41) is -0.355. The van der Waals surface area contributed by atoms with Gasteiger partial charge in [0.15, 0.2) is 0 Å². The molecular formula is C12H8BrClF2N2O2S. The van der Waals surface area contributed by atoms with E-state index in [2.05, 4.69) is 15.9 Å². The highest BCUT2D eigenvalue weighted by atomic mass is 79.9. The van der Waals surface area contributed by atoms with Crippen molar-refractivity contribution in [2.24, 2.45) is 0 Å². The van der Waals surface area contributed by atoms with E-state index in [9.17, 15) is 17.2 Å². The topological polar surface area (TPSA) is 72.2 Å². The molecule has 0 amide bonds. The lowest BCUT2D eigenvalue weighted by molar-refractivity contribution is 0.597. The van der Waals surface area contributed by atoms with Crippen molar-refractivity contribution in [2.45, 2.75) is 4.90 Å². The summed E-state index contributed by atoms with van der Waals surface area (Å²) in [6, 6.07) is 5.44. The second kappa shape index (κ2) is 5.78. The molecule has 112 valence electrons. The highest BCUT2D eigenvalue weighted by Crippen LogP contribution is 2.29. The van der Waals surface area contributed by atoms with Gasteiger partial charge in [0.1, 0.15) is 16.5 Å². The number of nitrogens with two attached hydrogens (primary N) is 1. The first-order valence-corrected chi connectivity index (χ1v) is 8.08. The molecule has 0 unspecified atom stereocenters. The van der Waals surface area contributed by atoms with E-state index in [4.69, 9.17) is 17.3 Å². The van der Waals surface area contributed by atoms with Crippen molar-refractivity contribution in [1.82, 2.24) is 0 Å². The number of rotatable bonds is 3. The molecule has 4 nitrogen and oxygen atoms in total. The minimum absolute atomic E-state index is 0.267. The first-order chi connectivity index (χ1) is 9.70. The van der Waals surface area contributed by atoms with Crippen LogP contribution in [-0.4, -0.2) is 8.42 Å². The van der Waals surface area contributed by atoms with E-state index in [1.165, 1.54) is 12.1 Å². The van der Waals surface area contributed by atoms with Gasteiger partial charge in [-0.15, -0.1) is 0 Å². The molecule has 0 atom stereocenters. The molecule has 3 N–H and O–H groups in total. The highest BCUT2D eigenvalue weighted by Gasteiger charge is 2.21. The Morgan fingerprint density at radius 1 is 1.14 bits per heavy atom. The zero-order valence-electron chi connectivity index (χ0n) is 10.2. The van der Waals surface area contributed by atoms with Crippen LogP contribution in [0.1, 0.15) is 0 Å². The molecule has 0 saturated heterocycles. The Balaban J connectivity index is 2.46. The van der Waals surface area contributed by atoms with Crippen molar-refractivity contribution in [3.8, 4) is 0 Å². The lowest BCUT2D eigenvalue weighted by atomic mass is 10.3. The van der Waals surface area contributed by atoms with Gasteiger partial charge in [-0.05, 0) is 30.3 Å². The number of benzene rings is 2. The lowest BCUT2D eigenvalue weighted by Crippen LogP contribution is -2.15. The minimum atomic E-state index is -4.20. The summed E-state index contributed by atoms with van der Waals surface area (Å²) in [5.74, 6) is -1.62. The molecule has 0 aliphatic heterocycles. The van der Waals surface area contributed by atoms with Gasteiger partial charge in [-0.25, -0.2) is 17.2 Å². The molecule has 0 fully saturated rings. The van der Waals surface area contributed by atoms with Gasteiger partial charge in [-0.3, -0.25) is 4.72 Å². The van der Waals surface area contributed by atoms with Crippen LogP contribution in [0.3, 0.4) is 0 Å². The smallest absolute Gasteiger partial charge is 0.263 e. The van der Waals surface area contributed by atoms with Crippen molar-refractivity contribution in [3.05, 3.63) is 51.5 Å². The van der Waals surface area contributed by atoms with Crippen LogP contribution >= 0.6 is 27.5 Å². The quantitative estimate of drug-likeness (QED) is 0.775. The molecule has 0 aromatic heterocycles. The molecule has 2 aromatic carbocycles. The van der Waals surface area contributed by atoms with Gasteiger partial charge in [-0.1, -0.05) is 27.5 Å². The van der Waals surface area contributed by atoms with Crippen LogP contribution < -0.4 is 10.5 Å². The van der Waals surface area contributed by atoms with Gasteiger partial charge >= 0.3 is 0 Å². The van der Waals surface area contributed by atoms with Crippen LogP contribution in [0.15, 0.2) is 39.7 Å². The van der Waals surface area contributed by atoms with Crippen LogP contribution in [0.5, 0.6) is 0 Å². The van der Waals surface area contributed by atoms with E-state index in [-0.39, 0.29) is 16.4 Å². The van der Waals surface area contributed by atoms with Crippen LogP contribution in [-0.2, 0) is 10.0 Å². The number of nitrogens with one attached hydrogen (secondary N) is 1. The maximum Gasteiger partial charge on any atom is 0.263 e. The number of hydrogen-bond acceptors (Lipinski definition) is 3. The van der Waals surface area contributed by atoms with E-state index in [1.807, 2.05) is 4.72 Å². The maximum atomic E-state index is 13.7. The lowest BCUT2D eigenvalue weighted by Gasteiger charge is -2.11. The molecule has 9 heteroatoms. The Hall–Kier alpha value is -1.38. The summed E-state index contributed by atoms with van der Waals surface area (Å²) in [6.07, 6.45) is 0. The standard InChI is InChI=1S/C12H8BrClF2N2O2S/c13-6-1-2-11(9(16)3-6)18-21(19,20)12-5-10(17)8(15)4-7(12)14/h1-5,18H,17H2. The Morgan fingerprint density at radius 3 is 2.43 bits per heavy atom. The Morgan fingerprint density at radius 2 is 1.81 bits per heavy atom. The maximum absolute atomic E-state index is 13.7. The summed E-state index contributed by atoms with van der Waals surface area (Å²) in [7, 11) is -4.20. The Bertz CT molecular complexity index is 815. The Kier molecular flexibility index (Phi) is 4.40. The number of nitrogen functional groups attached to an aromatic ring is 1.